The second-order valence-electron chi connectivity index (χ2n) is 6.32. The van der Waals surface area contributed by atoms with Gasteiger partial charge in [-0.3, -0.25) is 4.79 Å². The average molecular weight is 313 g/mol. The van der Waals surface area contributed by atoms with E-state index in [1.54, 1.807) is 0 Å². The standard InChI is InChI=1S/C16H22ClFN2O/c1-10(2)3-4-16(5-6-20-9-16)15(21)11-7-12(17)14(19)13(18)8-11/h7-8,10,20H,3-6,9,19H2,1-2H3/t16-/m0/s1. The van der Waals surface area contributed by atoms with Crippen LogP contribution in [-0.4, -0.2) is 18.9 Å². The quantitative estimate of drug-likeness (QED) is 0.644. The Morgan fingerprint density at radius 3 is 2.76 bits per heavy atom. The Morgan fingerprint density at radius 2 is 2.24 bits per heavy atom. The molecule has 1 aliphatic rings. The SMILES string of the molecule is CC(C)CC[C@]1(C(=O)c2cc(F)c(N)c(Cl)c2)CCNC1. The van der Waals surface area contributed by atoms with Gasteiger partial charge in [-0.1, -0.05) is 25.4 Å². The van der Waals surface area contributed by atoms with Crippen LogP contribution in [0.3, 0.4) is 0 Å². The van der Waals surface area contributed by atoms with E-state index in [1.807, 2.05) is 0 Å². The van der Waals surface area contributed by atoms with E-state index in [0.717, 1.165) is 25.8 Å². The highest BCUT2D eigenvalue weighted by Crippen LogP contribution is 2.37. The minimum atomic E-state index is -0.629. The average Bonchev–Trinajstić information content (AvgIpc) is 2.91. The Kier molecular flexibility index (Phi) is 4.89. The summed E-state index contributed by atoms with van der Waals surface area (Å²) in [6, 6.07) is 2.69. The monoisotopic (exact) mass is 312 g/mol. The van der Waals surface area contributed by atoms with Crippen molar-refractivity contribution in [1.82, 2.24) is 5.32 Å². The fourth-order valence-electron chi connectivity index (χ4n) is 2.85. The summed E-state index contributed by atoms with van der Waals surface area (Å²) in [6.07, 6.45) is 2.56. The molecule has 1 heterocycles. The number of nitrogens with two attached hydrogens (primary N) is 1. The third-order valence-corrected chi connectivity index (χ3v) is 4.58. The zero-order chi connectivity index (χ0) is 15.6. The number of hydrogen-bond donors (Lipinski definition) is 2. The van der Waals surface area contributed by atoms with Gasteiger partial charge in [-0.2, -0.15) is 0 Å². The molecule has 0 bridgehead atoms. The summed E-state index contributed by atoms with van der Waals surface area (Å²) in [6.45, 7) is 5.73. The van der Waals surface area contributed by atoms with E-state index in [0.29, 0.717) is 18.0 Å². The van der Waals surface area contributed by atoms with Crippen LogP contribution in [0.25, 0.3) is 0 Å². The van der Waals surface area contributed by atoms with Crippen molar-refractivity contribution in [2.24, 2.45) is 11.3 Å². The van der Waals surface area contributed by atoms with Gasteiger partial charge in [0, 0.05) is 17.5 Å². The van der Waals surface area contributed by atoms with Crippen molar-refractivity contribution in [2.75, 3.05) is 18.8 Å². The van der Waals surface area contributed by atoms with Crippen LogP contribution >= 0.6 is 11.6 Å². The molecular weight excluding hydrogens is 291 g/mol. The highest BCUT2D eigenvalue weighted by atomic mass is 35.5. The summed E-state index contributed by atoms with van der Waals surface area (Å²) in [7, 11) is 0. The minimum absolute atomic E-state index is 0.0334. The molecule has 3 N–H and O–H groups in total. The highest BCUT2D eigenvalue weighted by molar-refractivity contribution is 6.33. The van der Waals surface area contributed by atoms with E-state index in [9.17, 15) is 9.18 Å². The summed E-state index contributed by atoms with van der Waals surface area (Å²) >= 11 is 5.91. The fraction of sp³-hybridized carbons (Fsp3) is 0.562. The summed E-state index contributed by atoms with van der Waals surface area (Å²) in [4.78, 5) is 12.9. The van der Waals surface area contributed by atoms with Gasteiger partial charge in [0.1, 0.15) is 5.82 Å². The first-order valence-electron chi connectivity index (χ1n) is 7.36. The Balaban J connectivity index is 2.30. The number of Topliss-reactive ketones (excluding diaryl/α,β-unsaturated/α-hetero) is 1. The molecule has 0 aromatic heterocycles. The molecule has 116 valence electrons. The Bertz CT molecular complexity index is 516. The summed E-state index contributed by atoms with van der Waals surface area (Å²) in [5.41, 5.74) is 5.27. The molecule has 1 aromatic carbocycles. The van der Waals surface area contributed by atoms with Gasteiger partial charge in [0.2, 0.25) is 0 Å². The van der Waals surface area contributed by atoms with Crippen LogP contribution in [-0.2, 0) is 0 Å². The second kappa shape index (κ2) is 6.32. The van der Waals surface area contributed by atoms with Crippen LogP contribution in [0.2, 0.25) is 5.02 Å². The number of hydrogen-bond acceptors (Lipinski definition) is 3. The zero-order valence-corrected chi connectivity index (χ0v) is 13.3. The Labute approximate surface area is 130 Å². The van der Waals surface area contributed by atoms with E-state index < -0.39 is 11.2 Å². The molecule has 0 amide bonds. The van der Waals surface area contributed by atoms with Crippen LogP contribution in [0.1, 0.15) is 43.5 Å². The molecular formula is C16H22ClFN2O. The van der Waals surface area contributed by atoms with Crippen molar-refractivity contribution in [1.29, 1.82) is 0 Å². The summed E-state index contributed by atoms with van der Waals surface area (Å²) in [5.74, 6) is -0.133. The topological polar surface area (TPSA) is 55.1 Å². The van der Waals surface area contributed by atoms with Crippen molar-refractivity contribution < 1.29 is 9.18 Å². The lowest BCUT2D eigenvalue weighted by atomic mass is 9.74. The molecule has 0 radical (unpaired) electrons. The normalized spacial score (nSPS) is 22.0. The third kappa shape index (κ3) is 3.38. The number of halogens is 2. The highest BCUT2D eigenvalue weighted by Gasteiger charge is 2.41. The first kappa shape index (κ1) is 16.2. The van der Waals surface area contributed by atoms with Gasteiger partial charge in [0.25, 0.3) is 0 Å². The molecule has 1 aliphatic heterocycles. The maximum atomic E-state index is 13.7. The third-order valence-electron chi connectivity index (χ3n) is 4.27. The maximum Gasteiger partial charge on any atom is 0.170 e. The lowest BCUT2D eigenvalue weighted by Crippen LogP contribution is -2.34. The van der Waals surface area contributed by atoms with Crippen LogP contribution in [0.4, 0.5) is 10.1 Å². The van der Waals surface area contributed by atoms with Gasteiger partial charge in [0.05, 0.1) is 10.7 Å². The lowest BCUT2D eigenvalue weighted by molar-refractivity contribution is 0.0794. The van der Waals surface area contributed by atoms with E-state index in [4.69, 9.17) is 17.3 Å². The molecule has 0 aliphatic carbocycles. The van der Waals surface area contributed by atoms with Crippen LogP contribution < -0.4 is 11.1 Å². The largest absolute Gasteiger partial charge is 0.395 e. The maximum absolute atomic E-state index is 13.7. The number of carbonyl (C=O) groups is 1. The Hall–Kier alpha value is -1.13. The molecule has 1 fully saturated rings. The van der Waals surface area contributed by atoms with Gasteiger partial charge >= 0.3 is 0 Å². The molecule has 21 heavy (non-hydrogen) atoms. The summed E-state index contributed by atoms with van der Waals surface area (Å²) < 4.78 is 13.7. The molecule has 3 nitrogen and oxygen atoms in total. The minimum Gasteiger partial charge on any atom is -0.395 e. The Morgan fingerprint density at radius 1 is 1.52 bits per heavy atom. The number of ketones is 1. The fourth-order valence-corrected chi connectivity index (χ4v) is 3.06. The smallest absolute Gasteiger partial charge is 0.170 e. The van der Waals surface area contributed by atoms with Gasteiger partial charge in [-0.05, 0) is 43.9 Å². The van der Waals surface area contributed by atoms with Gasteiger partial charge in [-0.25, -0.2) is 4.39 Å². The van der Waals surface area contributed by atoms with Crippen molar-refractivity contribution in [3.05, 3.63) is 28.5 Å². The first-order valence-corrected chi connectivity index (χ1v) is 7.73. The molecule has 1 atom stereocenters. The molecule has 0 spiro atoms. The number of carbonyl (C=O) groups excluding carboxylic acids is 1. The number of anilines is 1. The number of nitrogen functional groups attached to an aromatic ring is 1. The van der Waals surface area contributed by atoms with Crippen molar-refractivity contribution in [3.8, 4) is 0 Å². The van der Waals surface area contributed by atoms with E-state index in [2.05, 4.69) is 19.2 Å². The van der Waals surface area contributed by atoms with Crippen LogP contribution in [0.5, 0.6) is 0 Å². The predicted octanol–water partition coefficient (Wildman–Crippen LogP) is 3.66. The zero-order valence-electron chi connectivity index (χ0n) is 12.5. The number of benzene rings is 1. The number of nitrogens with one attached hydrogen (secondary N) is 1. The van der Waals surface area contributed by atoms with Crippen molar-refractivity contribution in [3.63, 3.8) is 0 Å². The van der Waals surface area contributed by atoms with E-state index >= 15 is 0 Å². The lowest BCUT2D eigenvalue weighted by Gasteiger charge is -2.27. The van der Waals surface area contributed by atoms with E-state index in [-0.39, 0.29) is 16.5 Å². The molecule has 0 saturated carbocycles. The van der Waals surface area contributed by atoms with Gasteiger partial charge in [0.15, 0.2) is 5.78 Å². The molecule has 0 unspecified atom stereocenters. The molecule has 5 heteroatoms. The van der Waals surface area contributed by atoms with E-state index in [1.165, 1.54) is 12.1 Å². The first-order chi connectivity index (χ1) is 9.85. The van der Waals surface area contributed by atoms with Gasteiger partial charge < -0.3 is 11.1 Å². The van der Waals surface area contributed by atoms with Crippen molar-refractivity contribution >= 4 is 23.1 Å². The molecule has 1 saturated heterocycles. The van der Waals surface area contributed by atoms with Crippen molar-refractivity contribution in [2.45, 2.75) is 33.1 Å². The number of rotatable bonds is 5. The van der Waals surface area contributed by atoms with Gasteiger partial charge in [-0.15, -0.1) is 0 Å². The molecule has 2 rings (SSSR count). The summed E-state index contributed by atoms with van der Waals surface area (Å²) in [5, 5.41) is 3.36. The predicted molar refractivity (Wildman–Crippen MR) is 84.1 cm³/mol. The second-order valence-corrected chi connectivity index (χ2v) is 6.73. The molecule has 1 aromatic rings. The van der Waals surface area contributed by atoms with Crippen LogP contribution in [0, 0.1) is 17.2 Å². The van der Waals surface area contributed by atoms with Crippen LogP contribution in [0.15, 0.2) is 12.1 Å².